The molecule has 1 rings (SSSR count). The fraction of sp³-hybridized carbons (Fsp3) is 0.111. The topological polar surface area (TPSA) is 83.0 Å². The summed E-state index contributed by atoms with van der Waals surface area (Å²) in [5, 5.41) is 15.4. The fourth-order valence-electron chi connectivity index (χ4n) is 0.886. The molecule has 5 heteroatoms. The van der Waals surface area contributed by atoms with Crippen molar-refractivity contribution in [3.63, 3.8) is 0 Å². The molecule has 0 unspecified atom stereocenters. The number of hydroxylamine groups is 1. The Morgan fingerprint density at radius 2 is 2.14 bits per heavy atom. The number of guanidine groups is 1. The second-order valence-electron chi connectivity index (χ2n) is 2.58. The van der Waals surface area contributed by atoms with Gasteiger partial charge >= 0.3 is 0 Å². The third-order valence-electron chi connectivity index (χ3n) is 1.53. The number of nitrogens with zero attached hydrogens (tertiary/aromatic N) is 2. The summed E-state index contributed by atoms with van der Waals surface area (Å²) in [6.07, 6.45) is 2.29. The summed E-state index contributed by atoms with van der Waals surface area (Å²) in [4.78, 5) is 0. The van der Waals surface area contributed by atoms with Gasteiger partial charge in [0.2, 0.25) is 5.96 Å². The molecule has 0 amide bonds. The third-order valence-corrected chi connectivity index (χ3v) is 1.53. The van der Waals surface area contributed by atoms with Crippen molar-refractivity contribution in [3.8, 4) is 0 Å². The second-order valence-corrected chi connectivity index (χ2v) is 2.58. The molecule has 74 valence electrons. The molecule has 4 N–H and O–H groups in total. The fourth-order valence-corrected chi connectivity index (χ4v) is 0.886. The quantitative estimate of drug-likeness (QED) is 0.370. The van der Waals surface area contributed by atoms with Crippen molar-refractivity contribution in [2.45, 2.75) is 6.42 Å². The third kappa shape index (κ3) is 3.68. The van der Waals surface area contributed by atoms with E-state index in [-0.39, 0.29) is 5.96 Å². The minimum Gasteiger partial charge on any atom is -0.367 e. The molecule has 0 bridgehead atoms. The normalized spacial score (nSPS) is 11.9. The van der Waals surface area contributed by atoms with Crippen LogP contribution in [0.5, 0.6) is 0 Å². The van der Waals surface area contributed by atoms with Crippen LogP contribution in [0.2, 0.25) is 0 Å². The molecule has 0 aliphatic heterocycles. The minimum atomic E-state index is -0.130. The average Bonchev–Trinajstić information content (AvgIpc) is 2.25. The lowest BCUT2D eigenvalue weighted by molar-refractivity contribution is 0.232. The van der Waals surface area contributed by atoms with Crippen LogP contribution < -0.4 is 11.2 Å². The van der Waals surface area contributed by atoms with Crippen LogP contribution >= 0.6 is 0 Å². The molecule has 14 heavy (non-hydrogen) atoms. The van der Waals surface area contributed by atoms with Gasteiger partial charge in [-0.2, -0.15) is 5.10 Å². The van der Waals surface area contributed by atoms with Crippen LogP contribution in [0.3, 0.4) is 0 Å². The standard InChI is InChI=1S/C9H12N4O/c10-9(13-14)12-11-7-6-8-4-2-1-3-5-8/h1-5,7,14H,6H2,(H3,10,12,13)/b11-7-. The summed E-state index contributed by atoms with van der Waals surface area (Å²) < 4.78 is 0. The Kier molecular flexibility index (Phi) is 4.16. The van der Waals surface area contributed by atoms with E-state index in [1.807, 2.05) is 30.3 Å². The van der Waals surface area contributed by atoms with Gasteiger partial charge in [-0.25, -0.2) is 5.48 Å². The molecule has 0 radical (unpaired) electrons. The SMILES string of the molecule is NC(=N/N=C\Cc1ccccc1)NO. The number of nitrogens with two attached hydrogens (primary N) is 1. The molecule has 0 aromatic heterocycles. The lowest BCUT2D eigenvalue weighted by atomic mass is 10.2. The molecule has 5 nitrogen and oxygen atoms in total. The van der Waals surface area contributed by atoms with Gasteiger partial charge < -0.3 is 5.73 Å². The van der Waals surface area contributed by atoms with Crippen LogP contribution in [0, 0.1) is 0 Å². The molecule has 0 fully saturated rings. The molecule has 1 aromatic carbocycles. The Morgan fingerprint density at radius 1 is 1.43 bits per heavy atom. The number of hydrogen-bond acceptors (Lipinski definition) is 3. The molecule has 0 saturated heterocycles. The molecule has 0 heterocycles. The van der Waals surface area contributed by atoms with Gasteiger partial charge in [0.15, 0.2) is 0 Å². The van der Waals surface area contributed by atoms with Crippen LogP contribution in [-0.2, 0) is 6.42 Å². The minimum absolute atomic E-state index is 0.130. The van der Waals surface area contributed by atoms with Gasteiger partial charge in [0.1, 0.15) is 0 Å². The monoisotopic (exact) mass is 192 g/mol. The van der Waals surface area contributed by atoms with E-state index in [9.17, 15) is 0 Å². The van der Waals surface area contributed by atoms with Gasteiger partial charge in [0, 0.05) is 12.6 Å². The zero-order valence-corrected chi connectivity index (χ0v) is 7.59. The van der Waals surface area contributed by atoms with Gasteiger partial charge in [-0.05, 0) is 5.56 Å². The number of hydrogen-bond donors (Lipinski definition) is 3. The first-order valence-electron chi connectivity index (χ1n) is 4.12. The Bertz CT molecular complexity index is 321. The Morgan fingerprint density at radius 3 is 2.79 bits per heavy atom. The Balaban J connectivity index is 2.41. The van der Waals surface area contributed by atoms with E-state index < -0.39 is 0 Å². The predicted molar refractivity (Wildman–Crippen MR) is 55.2 cm³/mol. The number of rotatable bonds is 3. The maximum Gasteiger partial charge on any atom is 0.237 e. The predicted octanol–water partition coefficient (Wildman–Crippen LogP) is 0.508. The first-order chi connectivity index (χ1) is 6.83. The van der Waals surface area contributed by atoms with Crippen LogP contribution in [0.25, 0.3) is 0 Å². The summed E-state index contributed by atoms with van der Waals surface area (Å²) >= 11 is 0. The van der Waals surface area contributed by atoms with Crippen molar-refractivity contribution in [1.82, 2.24) is 5.48 Å². The Hall–Kier alpha value is -1.88. The van der Waals surface area contributed by atoms with Crippen molar-refractivity contribution in [1.29, 1.82) is 0 Å². The molecule has 0 aliphatic rings. The molecular formula is C9H12N4O. The molecule has 0 spiro atoms. The second kappa shape index (κ2) is 5.71. The van der Waals surface area contributed by atoms with Crippen molar-refractivity contribution < 1.29 is 5.21 Å². The van der Waals surface area contributed by atoms with Gasteiger partial charge in [0.05, 0.1) is 0 Å². The lowest BCUT2D eigenvalue weighted by Gasteiger charge is -1.93. The first-order valence-corrected chi connectivity index (χ1v) is 4.12. The van der Waals surface area contributed by atoms with E-state index in [1.165, 1.54) is 0 Å². The van der Waals surface area contributed by atoms with E-state index in [0.717, 1.165) is 5.56 Å². The lowest BCUT2D eigenvalue weighted by Crippen LogP contribution is -2.27. The highest BCUT2D eigenvalue weighted by molar-refractivity contribution is 5.77. The molecule has 0 atom stereocenters. The summed E-state index contributed by atoms with van der Waals surface area (Å²) in [5.74, 6) is -0.130. The van der Waals surface area contributed by atoms with Crippen molar-refractivity contribution >= 4 is 12.2 Å². The van der Waals surface area contributed by atoms with Gasteiger partial charge in [-0.1, -0.05) is 30.3 Å². The van der Waals surface area contributed by atoms with E-state index in [4.69, 9.17) is 10.9 Å². The Labute approximate surface area is 81.9 Å². The van der Waals surface area contributed by atoms with Gasteiger partial charge in [-0.15, -0.1) is 5.10 Å². The highest BCUT2D eigenvalue weighted by Crippen LogP contribution is 1.97. The maximum atomic E-state index is 8.27. The first kappa shape index (κ1) is 10.2. The van der Waals surface area contributed by atoms with E-state index in [0.29, 0.717) is 6.42 Å². The number of nitrogens with one attached hydrogen (secondary N) is 1. The van der Waals surface area contributed by atoms with Crippen LogP contribution in [0.1, 0.15) is 5.56 Å². The largest absolute Gasteiger partial charge is 0.367 e. The van der Waals surface area contributed by atoms with E-state index in [2.05, 4.69) is 10.2 Å². The van der Waals surface area contributed by atoms with Crippen molar-refractivity contribution in [3.05, 3.63) is 35.9 Å². The van der Waals surface area contributed by atoms with Crippen LogP contribution in [0.4, 0.5) is 0 Å². The van der Waals surface area contributed by atoms with Crippen molar-refractivity contribution in [2.75, 3.05) is 0 Å². The molecule has 0 saturated carbocycles. The van der Waals surface area contributed by atoms with E-state index in [1.54, 1.807) is 11.7 Å². The summed E-state index contributed by atoms with van der Waals surface area (Å²) in [5.41, 5.74) is 7.95. The molecule has 1 aromatic rings. The van der Waals surface area contributed by atoms with Crippen molar-refractivity contribution in [2.24, 2.45) is 15.9 Å². The molecule has 0 aliphatic carbocycles. The smallest absolute Gasteiger partial charge is 0.237 e. The van der Waals surface area contributed by atoms with Gasteiger partial charge in [0.25, 0.3) is 0 Å². The highest BCUT2D eigenvalue weighted by Gasteiger charge is 1.86. The van der Waals surface area contributed by atoms with Crippen LogP contribution in [-0.4, -0.2) is 17.4 Å². The highest BCUT2D eigenvalue weighted by atomic mass is 16.5. The summed E-state index contributed by atoms with van der Waals surface area (Å²) in [6.45, 7) is 0. The van der Waals surface area contributed by atoms with Gasteiger partial charge in [-0.3, -0.25) is 5.21 Å². The zero-order valence-electron chi connectivity index (χ0n) is 7.59. The molecular weight excluding hydrogens is 180 g/mol. The summed E-state index contributed by atoms with van der Waals surface area (Å²) in [6, 6.07) is 9.84. The number of benzene rings is 1. The zero-order chi connectivity index (χ0) is 10.2. The summed E-state index contributed by atoms with van der Waals surface area (Å²) in [7, 11) is 0. The van der Waals surface area contributed by atoms with E-state index >= 15 is 0 Å². The maximum absolute atomic E-state index is 8.27. The van der Waals surface area contributed by atoms with Crippen LogP contribution in [0.15, 0.2) is 40.5 Å². The average molecular weight is 192 g/mol.